The van der Waals surface area contributed by atoms with Crippen LogP contribution in [0.1, 0.15) is 22.3 Å². The van der Waals surface area contributed by atoms with Gasteiger partial charge in [0.15, 0.2) is 0 Å². The lowest BCUT2D eigenvalue weighted by Gasteiger charge is -2.16. The molecule has 1 amide bonds. The Bertz CT molecular complexity index is 1180. The average Bonchev–Trinajstić information content (AvgIpc) is 3.51. The Morgan fingerprint density at radius 3 is 2.94 bits per heavy atom. The summed E-state index contributed by atoms with van der Waals surface area (Å²) in [5.41, 5.74) is 3.03. The number of carbonyl (C=O) groups excluding carboxylic acids is 2. The van der Waals surface area contributed by atoms with E-state index in [1.54, 1.807) is 18.2 Å². The van der Waals surface area contributed by atoms with Crippen LogP contribution in [0, 0.1) is 0 Å². The fourth-order valence-electron chi connectivity index (χ4n) is 3.72. The Balaban J connectivity index is 1.18. The number of rotatable bonds is 7. The van der Waals surface area contributed by atoms with Crippen molar-refractivity contribution in [2.24, 2.45) is 0 Å². The van der Waals surface area contributed by atoms with Gasteiger partial charge < -0.3 is 18.8 Å². The fourth-order valence-corrected chi connectivity index (χ4v) is 4.40. The Morgan fingerprint density at radius 2 is 2.06 bits per heavy atom. The number of thioether (sulfide) groups is 1. The summed E-state index contributed by atoms with van der Waals surface area (Å²) in [5, 5.41) is 8.71. The number of benzene rings is 2. The summed E-state index contributed by atoms with van der Waals surface area (Å²) in [6, 6.07) is 11.0. The van der Waals surface area contributed by atoms with E-state index in [-0.39, 0.29) is 0 Å². The molecule has 0 saturated carbocycles. The molecular formula is C22H19N3O5S. The third-order valence-electron chi connectivity index (χ3n) is 5.27. The van der Waals surface area contributed by atoms with Crippen molar-refractivity contribution in [3.8, 4) is 23.0 Å². The lowest BCUT2D eigenvalue weighted by Crippen LogP contribution is -2.30. The number of anilines is 1. The molecule has 9 heteroatoms. The second-order valence-electron chi connectivity index (χ2n) is 7.17. The molecule has 2 aliphatic heterocycles. The van der Waals surface area contributed by atoms with Crippen LogP contribution in [-0.2, 0) is 11.2 Å². The molecule has 0 atom stereocenters. The molecule has 0 saturated heterocycles. The van der Waals surface area contributed by atoms with E-state index >= 15 is 0 Å². The van der Waals surface area contributed by atoms with Gasteiger partial charge >= 0.3 is 0 Å². The Kier molecular flexibility index (Phi) is 5.11. The third kappa shape index (κ3) is 3.65. The van der Waals surface area contributed by atoms with Gasteiger partial charge in [0.1, 0.15) is 11.5 Å². The van der Waals surface area contributed by atoms with Crippen LogP contribution in [0.2, 0.25) is 0 Å². The Morgan fingerprint density at radius 1 is 1.16 bits per heavy atom. The predicted molar refractivity (Wildman–Crippen MR) is 114 cm³/mol. The smallest absolute Gasteiger partial charge is 0.299 e. The van der Waals surface area contributed by atoms with Crippen LogP contribution < -0.4 is 14.4 Å². The number of ketones is 1. The lowest BCUT2D eigenvalue weighted by molar-refractivity contribution is -0.114. The molecule has 0 fully saturated rings. The first-order valence-electron chi connectivity index (χ1n) is 9.90. The van der Waals surface area contributed by atoms with Crippen molar-refractivity contribution in [2.75, 3.05) is 30.9 Å². The van der Waals surface area contributed by atoms with Crippen LogP contribution in [-0.4, -0.2) is 47.9 Å². The number of methoxy groups -OCH3 is 1. The summed E-state index contributed by atoms with van der Waals surface area (Å²) in [7, 11) is 1.53. The highest BCUT2D eigenvalue weighted by molar-refractivity contribution is 7.99. The number of fused-ring (bicyclic) bond motifs is 2. The minimum Gasteiger partial charge on any atom is -0.497 e. The van der Waals surface area contributed by atoms with Crippen LogP contribution in [0.4, 0.5) is 5.69 Å². The number of ether oxygens (including phenoxy) is 2. The molecule has 3 aromatic rings. The second-order valence-corrected chi connectivity index (χ2v) is 8.21. The molecule has 31 heavy (non-hydrogen) atoms. The van der Waals surface area contributed by atoms with Crippen molar-refractivity contribution in [1.82, 2.24) is 10.2 Å². The van der Waals surface area contributed by atoms with E-state index in [4.69, 9.17) is 13.9 Å². The zero-order chi connectivity index (χ0) is 21.4. The summed E-state index contributed by atoms with van der Waals surface area (Å²) in [6.45, 7) is 1.13. The Labute approximate surface area is 182 Å². The number of hydrogen-bond donors (Lipinski definition) is 0. The molecule has 2 aromatic carbocycles. The van der Waals surface area contributed by atoms with Crippen LogP contribution in [0.25, 0.3) is 11.5 Å². The molecule has 0 aliphatic carbocycles. The number of aromatic nitrogens is 2. The monoisotopic (exact) mass is 437 g/mol. The van der Waals surface area contributed by atoms with Gasteiger partial charge in [-0.3, -0.25) is 9.59 Å². The minimum atomic E-state index is -0.506. The van der Waals surface area contributed by atoms with E-state index in [1.165, 1.54) is 23.8 Å². The van der Waals surface area contributed by atoms with Crippen LogP contribution in [0.15, 0.2) is 46.0 Å². The summed E-state index contributed by atoms with van der Waals surface area (Å²) in [5.74, 6) is 1.61. The number of amides is 1. The van der Waals surface area contributed by atoms with E-state index < -0.39 is 11.7 Å². The molecule has 0 bridgehead atoms. The van der Waals surface area contributed by atoms with Gasteiger partial charge in [0, 0.05) is 24.3 Å². The van der Waals surface area contributed by atoms with Crippen molar-refractivity contribution in [2.45, 2.75) is 18.1 Å². The summed E-state index contributed by atoms with van der Waals surface area (Å²) in [6.07, 6.45) is 1.55. The molecule has 5 rings (SSSR count). The number of Topliss-reactive ketones (excluding diaryl/α,β-unsaturated/α-hetero) is 1. The van der Waals surface area contributed by atoms with Crippen molar-refractivity contribution in [3.63, 3.8) is 0 Å². The highest BCUT2D eigenvalue weighted by Crippen LogP contribution is 2.33. The third-order valence-corrected chi connectivity index (χ3v) is 6.18. The van der Waals surface area contributed by atoms with Gasteiger partial charge in [0.2, 0.25) is 5.89 Å². The molecule has 0 N–H and O–H groups in total. The molecule has 3 heterocycles. The standard InChI is InChI=1S/C22H19N3O5S/c1-28-15-4-5-17-16(12-15)19(26)21(27)25(17)8-2-10-31-22-24-23-20(30-22)14-3-6-18-13(11-14)7-9-29-18/h3-6,11-12H,2,7-10H2,1H3. The van der Waals surface area contributed by atoms with E-state index in [9.17, 15) is 9.59 Å². The zero-order valence-electron chi connectivity index (χ0n) is 16.8. The van der Waals surface area contributed by atoms with E-state index in [0.29, 0.717) is 53.4 Å². The molecule has 0 radical (unpaired) electrons. The van der Waals surface area contributed by atoms with Crippen molar-refractivity contribution in [1.29, 1.82) is 0 Å². The van der Waals surface area contributed by atoms with E-state index in [1.807, 2.05) is 18.2 Å². The molecule has 158 valence electrons. The molecule has 1 aromatic heterocycles. The Hall–Kier alpha value is -3.33. The number of carbonyl (C=O) groups is 2. The van der Waals surface area contributed by atoms with Gasteiger partial charge in [-0.2, -0.15) is 0 Å². The first kappa shape index (κ1) is 19.6. The van der Waals surface area contributed by atoms with E-state index in [0.717, 1.165) is 23.3 Å². The van der Waals surface area contributed by atoms with Crippen molar-refractivity contribution in [3.05, 3.63) is 47.5 Å². The van der Waals surface area contributed by atoms with Crippen LogP contribution >= 0.6 is 11.8 Å². The summed E-state index contributed by atoms with van der Waals surface area (Å²) in [4.78, 5) is 26.1. The lowest BCUT2D eigenvalue weighted by atomic mass is 10.1. The van der Waals surface area contributed by atoms with Gasteiger partial charge in [-0.1, -0.05) is 11.8 Å². The molecule has 0 spiro atoms. The van der Waals surface area contributed by atoms with Gasteiger partial charge in [-0.15, -0.1) is 10.2 Å². The van der Waals surface area contributed by atoms with Crippen molar-refractivity contribution >= 4 is 29.1 Å². The first-order chi connectivity index (χ1) is 15.1. The summed E-state index contributed by atoms with van der Waals surface area (Å²) < 4.78 is 16.4. The minimum absolute atomic E-state index is 0.387. The fraction of sp³-hybridized carbons (Fsp3) is 0.273. The predicted octanol–water partition coefficient (Wildman–Crippen LogP) is 3.39. The molecule has 0 unspecified atom stereocenters. The van der Waals surface area contributed by atoms with Crippen molar-refractivity contribution < 1.29 is 23.5 Å². The molecule has 2 aliphatic rings. The number of nitrogens with zero attached hydrogens (tertiary/aromatic N) is 3. The van der Waals surface area contributed by atoms with Crippen LogP contribution in [0.3, 0.4) is 0 Å². The quantitative estimate of drug-likeness (QED) is 0.315. The van der Waals surface area contributed by atoms with E-state index in [2.05, 4.69) is 10.2 Å². The maximum absolute atomic E-state index is 12.3. The van der Waals surface area contributed by atoms with Gasteiger partial charge in [0.05, 0.1) is 25.0 Å². The van der Waals surface area contributed by atoms with Gasteiger partial charge in [-0.25, -0.2) is 0 Å². The summed E-state index contributed by atoms with van der Waals surface area (Å²) >= 11 is 1.43. The average molecular weight is 437 g/mol. The maximum Gasteiger partial charge on any atom is 0.299 e. The first-order valence-corrected chi connectivity index (χ1v) is 10.9. The number of hydrogen-bond acceptors (Lipinski definition) is 8. The molecule has 8 nitrogen and oxygen atoms in total. The highest BCUT2D eigenvalue weighted by Gasteiger charge is 2.35. The van der Waals surface area contributed by atoms with Gasteiger partial charge in [0.25, 0.3) is 16.9 Å². The normalized spacial score (nSPS) is 14.5. The zero-order valence-corrected chi connectivity index (χ0v) is 17.6. The topological polar surface area (TPSA) is 94.8 Å². The molecular weight excluding hydrogens is 418 g/mol. The second kappa shape index (κ2) is 8.07. The SMILES string of the molecule is COc1ccc2c(c1)C(=O)C(=O)N2CCCSc1nnc(-c2ccc3c(c2)CCO3)o1. The maximum atomic E-state index is 12.3. The van der Waals surface area contributed by atoms with Gasteiger partial charge in [-0.05, 0) is 48.4 Å². The van der Waals surface area contributed by atoms with Crippen LogP contribution in [0.5, 0.6) is 11.5 Å². The highest BCUT2D eigenvalue weighted by atomic mass is 32.2. The largest absolute Gasteiger partial charge is 0.497 e.